The number of likely N-dealkylation sites (tertiary alicyclic amines) is 1. The molecule has 1 fully saturated rings. The summed E-state index contributed by atoms with van der Waals surface area (Å²) in [5.74, 6) is 1.54. The maximum absolute atomic E-state index is 12.7. The summed E-state index contributed by atoms with van der Waals surface area (Å²) in [6.45, 7) is 5.86. The summed E-state index contributed by atoms with van der Waals surface area (Å²) in [4.78, 5) is 24.0. The van der Waals surface area contributed by atoms with E-state index in [-0.39, 0.29) is 5.92 Å². The lowest BCUT2D eigenvalue weighted by atomic mass is 9.92. The van der Waals surface area contributed by atoms with Crippen molar-refractivity contribution in [2.75, 3.05) is 13.1 Å². The SMILES string of the molecule is CCC(CC)C(=O)N1CCCC(c2ccnc(-c3ccccc3)n2)C1. The van der Waals surface area contributed by atoms with Crippen LogP contribution in [0.4, 0.5) is 0 Å². The highest BCUT2D eigenvalue weighted by Gasteiger charge is 2.28. The molecule has 2 heterocycles. The van der Waals surface area contributed by atoms with E-state index in [0.717, 1.165) is 55.9 Å². The van der Waals surface area contributed by atoms with Crippen LogP contribution in [-0.2, 0) is 4.79 Å². The molecule has 4 heteroatoms. The standard InChI is InChI=1S/C21H27N3O/c1-3-16(4-2)21(25)24-14-8-11-18(15-24)19-12-13-22-20(23-19)17-9-6-5-7-10-17/h5-7,9-10,12-13,16,18H,3-4,8,11,14-15H2,1-2H3. The second-order valence-corrected chi connectivity index (χ2v) is 6.81. The number of aromatic nitrogens is 2. The van der Waals surface area contributed by atoms with Crippen LogP contribution in [0.5, 0.6) is 0 Å². The van der Waals surface area contributed by atoms with Crippen molar-refractivity contribution < 1.29 is 4.79 Å². The van der Waals surface area contributed by atoms with Gasteiger partial charge >= 0.3 is 0 Å². The molecule has 1 aliphatic rings. The van der Waals surface area contributed by atoms with Gasteiger partial charge in [0, 0.05) is 42.4 Å². The minimum atomic E-state index is 0.157. The van der Waals surface area contributed by atoms with Gasteiger partial charge in [-0.15, -0.1) is 0 Å². The summed E-state index contributed by atoms with van der Waals surface area (Å²) in [7, 11) is 0. The zero-order valence-corrected chi connectivity index (χ0v) is 15.2. The van der Waals surface area contributed by atoms with Gasteiger partial charge in [0.1, 0.15) is 0 Å². The van der Waals surface area contributed by atoms with Crippen LogP contribution in [0.25, 0.3) is 11.4 Å². The van der Waals surface area contributed by atoms with E-state index in [4.69, 9.17) is 4.98 Å². The molecule has 0 N–H and O–H groups in total. The van der Waals surface area contributed by atoms with Gasteiger partial charge in [-0.25, -0.2) is 9.97 Å². The van der Waals surface area contributed by atoms with Crippen LogP contribution in [0.1, 0.15) is 51.1 Å². The number of amides is 1. The van der Waals surface area contributed by atoms with Gasteiger partial charge in [0.05, 0.1) is 0 Å². The molecule has 3 rings (SSSR count). The van der Waals surface area contributed by atoms with E-state index in [2.05, 4.69) is 23.7 Å². The molecule has 1 aromatic carbocycles. The molecule has 2 aromatic rings. The van der Waals surface area contributed by atoms with Crippen molar-refractivity contribution in [1.29, 1.82) is 0 Å². The topological polar surface area (TPSA) is 46.1 Å². The average molecular weight is 337 g/mol. The zero-order valence-electron chi connectivity index (χ0n) is 15.2. The predicted molar refractivity (Wildman–Crippen MR) is 100 cm³/mol. The molecule has 1 amide bonds. The minimum Gasteiger partial charge on any atom is -0.342 e. The largest absolute Gasteiger partial charge is 0.342 e. The Hall–Kier alpha value is -2.23. The first kappa shape index (κ1) is 17.6. The Morgan fingerprint density at radius 3 is 2.68 bits per heavy atom. The van der Waals surface area contributed by atoms with Crippen molar-refractivity contribution in [3.63, 3.8) is 0 Å². The molecule has 1 aliphatic heterocycles. The molecule has 4 nitrogen and oxygen atoms in total. The quantitative estimate of drug-likeness (QED) is 0.818. The van der Waals surface area contributed by atoms with E-state index >= 15 is 0 Å². The van der Waals surface area contributed by atoms with Crippen LogP contribution in [0, 0.1) is 5.92 Å². The van der Waals surface area contributed by atoms with Gasteiger partial charge in [-0.3, -0.25) is 4.79 Å². The summed E-state index contributed by atoms with van der Waals surface area (Å²) < 4.78 is 0. The molecule has 0 spiro atoms. The van der Waals surface area contributed by atoms with Gasteiger partial charge in [-0.1, -0.05) is 44.2 Å². The van der Waals surface area contributed by atoms with Gasteiger partial charge in [-0.05, 0) is 31.7 Å². The third-order valence-corrected chi connectivity index (χ3v) is 5.20. The first-order valence-corrected chi connectivity index (χ1v) is 9.40. The molecule has 1 aromatic heterocycles. The number of rotatable bonds is 5. The highest BCUT2D eigenvalue weighted by molar-refractivity contribution is 5.79. The molecule has 0 bridgehead atoms. The van der Waals surface area contributed by atoms with Gasteiger partial charge in [0.2, 0.25) is 5.91 Å². The van der Waals surface area contributed by atoms with Gasteiger partial charge < -0.3 is 4.90 Å². The summed E-state index contributed by atoms with van der Waals surface area (Å²) in [6, 6.07) is 12.1. The Balaban J connectivity index is 1.77. The van der Waals surface area contributed by atoms with Crippen LogP contribution in [-0.4, -0.2) is 33.9 Å². The number of carbonyl (C=O) groups is 1. The van der Waals surface area contributed by atoms with Crippen LogP contribution in [0.2, 0.25) is 0 Å². The minimum absolute atomic E-state index is 0.157. The fourth-order valence-electron chi connectivity index (χ4n) is 3.64. The number of piperidine rings is 1. The number of nitrogens with zero attached hydrogens (tertiary/aromatic N) is 3. The van der Waals surface area contributed by atoms with E-state index in [9.17, 15) is 4.79 Å². The van der Waals surface area contributed by atoms with Gasteiger partial charge in [-0.2, -0.15) is 0 Å². The first-order chi connectivity index (χ1) is 12.2. The predicted octanol–water partition coefficient (Wildman–Crippen LogP) is 4.29. The Morgan fingerprint density at radius 2 is 1.96 bits per heavy atom. The molecular formula is C21H27N3O. The average Bonchev–Trinajstić information content (AvgIpc) is 2.70. The monoisotopic (exact) mass is 337 g/mol. The summed E-state index contributed by atoms with van der Waals surface area (Å²) in [5, 5.41) is 0. The number of hydrogen-bond acceptors (Lipinski definition) is 3. The highest BCUT2D eigenvalue weighted by Crippen LogP contribution is 2.28. The van der Waals surface area contributed by atoms with E-state index in [0.29, 0.717) is 11.8 Å². The normalized spacial score (nSPS) is 17.7. The second kappa shape index (κ2) is 8.24. The Kier molecular flexibility index (Phi) is 5.79. The molecular weight excluding hydrogens is 310 g/mol. The fraction of sp³-hybridized carbons (Fsp3) is 0.476. The number of hydrogen-bond donors (Lipinski definition) is 0. The molecule has 132 valence electrons. The lowest BCUT2D eigenvalue weighted by Crippen LogP contribution is -2.42. The van der Waals surface area contributed by atoms with Crippen molar-refractivity contribution in [3.05, 3.63) is 48.3 Å². The van der Waals surface area contributed by atoms with Gasteiger partial charge in [0.15, 0.2) is 5.82 Å². The van der Waals surface area contributed by atoms with Crippen LogP contribution in [0.15, 0.2) is 42.6 Å². The highest BCUT2D eigenvalue weighted by atomic mass is 16.2. The third kappa shape index (κ3) is 4.06. The summed E-state index contributed by atoms with van der Waals surface area (Å²) in [5.41, 5.74) is 2.08. The lowest BCUT2D eigenvalue weighted by Gasteiger charge is -2.34. The molecule has 25 heavy (non-hydrogen) atoms. The van der Waals surface area contributed by atoms with Crippen molar-refractivity contribution in [3.8, 4) is 11.4 Å². The number of benzene rings is 1. The number of carbonyl (C=O) groups excluding carboxylic acids is 1. The lowest BCUT2D eigenvalue weighted by molar-refractivity contribution is -0.137. The fourth-order valence-corrected chi connectivity index (χ4v) is 3.64. The van der Waals surface area contributed by atoms with Crippen LogP contribution in [0.3, 0.4) is 0 Å². The van der Waals surface area contributed by atoms with E-state index in [1.807, 2.05) is 42.6 Å². The second-order valence-electron chi connectivity index (χ2n) is 6.81. The molecule has 0 aliphatic carbocycles. The Bertz CT molecular complexity index is 697. The maximum Gasteiger partial charge on any atom is 0.225 e. The molecule has 1 unspecified atom stereocenters. The van der Waals surface area contributed by atoms with Crippen molar-refractivity contribution in [2.45, 2.75) is 45.4 Å². The maximum atomic E-state index is 12.7. The Morgan fingerprint density at radius 1 is 1.20 bits per heavy atom. The summed E-state index contributed by atoms with van der Waals surface area (Å²) >= 11 is 0. The van der Waals surface area contributed by atoms with E-state index < -0.39 is 0 Å². The van der Waals surface area contributed by atoms with E-state index in [1.54, 1.807) is 0 Å². The van der Waals surface area contributed by atoms with Crippen LogP contribution < -0.4 is 0 Å². The zero-order chi connectivity index (χ0) is 17.6. The smallest absolute Gasteiger partial charge is 0.225 e. The van der Waals surface area contributed by atoms with Gasteiger partial charge in [0.25, 0.3) is 0 Å². The molecule has 1 atom stereocenters. The first-order valence-electron chi connectivity index (χ1n) is 9.40. The van der Waals surface area contributed by atoms with Crippen LogP contribution >= 0.6 is 0 Å². The molecule has 0 saturated carbocycles. The van der Waals surface area contributed by atoms with E-state index in [1.165, 1.54) is 0 Å². The Labute approximate surface area is 150 Å². The molecule has 1 saturated heterocycles. The summed E-state index contributed by atoms with van der Waals surface area (Å²) in [6.07, 6.45) is 5.80. The third-order valence-electron chi connectivity index (χ3n) is 5.20. The van der Waals surface area contributed by atoms with Crippen molar-refractivity contribution >= 4 is 5.91 Å². The molecule has 0 radical (unpaired) electrons. The van der Waals surface area contributed by atoms with Crippen molar-refractivity contribution in [2.24, 2.45) is 5.92 Å². The van der Waals surface area contributed by atoms with Crippen molar-refractivity contribution in [1.82, 2.24) is 14.9 Å².